The van der Waals surface area contributed by atoms with Crippen LogP contribution >= 0.6 is 0 Å². The highest BCUT2D eigenvalue weighted by Gasteiger charge is 2.18. The number of para-hydroxylation sites is 2. The van der Waals surface area contributed by atoms with E-state index < -0.39 is 6.04 Å². The zero-order valence-electron chi connectivity index (χ0n) is 19.7. The van der Waals surface area contributed by atoms with E-state index in [0.29, 0.717) is 18.7 Å². The third-order valence-corrected chi connectivity index (χ3v) is 5.57. The van der Waals surface area contributed by atoms with E-state index in [1.165, 1.54) is 12.1 Å². The first-order valence-electron chi connectivity index (χ1n) is 11.5. The summed E-state index contributed by atoms with van der Waals surface area (Å²) in [7, 11) is 0. The number of amides is 3. The average molecular weight is 474 g/mol. The molecule has 0 radical (unpaired) electrons. The second-order valence-electron chi connectivity index (χ2n) is 8.64. The number of hydrogen-bond acceptors (Lipinski definition) is 3. The minimum atomic E-state index is -0.401. The van der Waals surface area contributed by atoms with Crippen LogP contribution < -0.4 is 16.0 Å². The van der Waals surface area contributed by atoms with Gasteiger partial charge in [0, 0.05) is 24.7 Å². The molecule has 1 aromatic heterocycles. The van der Waals surface area contributed by atoms with Crippen LogP contribution in [0.4, 0.5) is 9.18 Å². The Bertz CT molecular complexity index is 1300. The van der Waals surface area contributed by atoms with E-state index in [4.69, 9.17) is 0 Å². The highest BCUT2D eigenvalue weighted by Crippen LogP contribution is 2.20. The second kappa shape index (κ2) is 10.8. The van der Waals surface area contributed by atoms with Crippen LogP contribution in [0.1, 0.15) is 41.4 Å². The molecule has 1 atom stereocenters. The van der Waals surface area contributed by atoms with Crippen molar-refractivity contribution < 1.29 is 14.0 Å². The molecule has 0 aliphatic carbocycles. The van der Waals surface area contributed by atoms with Crippen molar-refractivity contribution in [3.05, 3.63) is 102 Å². The van der Waals surface area contributed by atoms with E-state index in [1.807, 2.05) is 42.7 Å². The standard InChI is InChI=1S/C27H28FN5O2/c1-18(2)31-27(35)29-15-19-7-9-21(10-8-19)26(34)32-24(20-11-13-22(28)14-12-20)16-33-17-30-23-5-3-4-6-25(23)33/h3-14,17-18,24H,15-16H2,1-2H3,(H,32,34)(H2,29,31,35). The van der Waals surface area contributed by atoms with Gasteiger partial charge in [-0.15, -0.1) is 0 Å². The van der Waals surface area contributed by atoms with E-state index in [2.05, 4.69) is 20.9 Å². The number of carbonyl (C=O) groups is 2. The number of rotatable bonds is 8. The number of imidazole rings is 1. The molecule has 3 aromatic carbocycles. The van der Waals surface area contributed by atoms with E-state index in [1.54, 1.807) is 42.7 Å². The Labute approximate surface area is 203 Å². The van der Waals surface area contributed by atoms with Crippen molar-refractivity contribution in [1.82, 2.24) is 25.5 Å². The molecule has 35 heavy (non-hydrogen) atoms. The number of urea groups is 1. The number of benzene rings is 3. The van der Waals surface area contributed by atoms with Gasteiger partial charge < -0.3 is 20.5 Å². The van der Waals surface area contributed by atoms with Gasteiger partial charge in [0.15, 0.2) is 0 Å². The van der Waals surface area contributed by atoms with Gasteiger partial charge in [0.2, 0.25) is 0 Å². The molecule has 8 heteroatoms. The van der Waals surface area contributed by atoms with Crippen molar-refractivity contribution >= 4 is 23.0 Å². The van der Waals surface area contributed by atoms with Gasteiger partial charge in [-0.1, -0.05) is 36.4 Å². The lowest BCUT2D eigenvalue weighted by molar-refractivity contribution is 0.0933. The number of halogens is 1. The van der Waals surface area contributed by atoms with Crippen molar-refractivity contribution in [1.29, 1.82) is 0 Å². The number of fused-ring (bicyclic) bond motifs is 1. The maximum Gasteiger partial charge on any atom is 0.315 e. The van der Waals surface area contributed by atoms with Gasteiger partial charge in [-0.2, -0.15) is 0 Å². The van der Waals surface area contributed by atoms with Crippen LogP contribution in [0.25, 0.3) is 11.0 Å². The van der Waals surface area contributed by atoms with E-state index in [9.17, 15) is 14.0 Å². The smallest absolute Gasteiger partial charge is 0.315 e. The van der Waals surface area contributed by atoms with Crippen molar-refractivity contribution in [3.8, 4) is 0 Å². The fraction of sp³-hybridized carbons (Fsp3) is 0.222. The molecular weight excluding hydrogens is 445 g/mol. The number of nitrogens with zero attached hydrogens (tertiary/aromatic N) is 2. The fourth-order valence-electron chi connectivity index (χ4n) is 3.79. The molecular formula is C27H28FN5O2. The summed E-state index contributed by atoms with van der Waals surface area (Å²) in [5.41, 5.74) is 3.97. The Balaban J connectivity index is 1.48. The van der Waals surface area contributed by atoms with Crippen LogP contribution in [-0.2, 0) is 13.1 Å². The SMILES string of the molecule is CC(C)NC(=O)NCc1ccc(C(=O)NC(Cn2cnc3ccccc32)c2ccc(F)cc2)cc1. The van der Waals surface area contributed by atoms with E-state index in [0.717, 1.165) is 22.2 Å². The van der Waals surface area contributed by atoms with Gasteiger partial charge in [0.1, 0.15) is 5.82 Å². The van der Waals surface area contributed by atoms with Crippen LogP contribution in [0, 0.1) is 5.82 Å². The molecule has 4 aromatic rings. The topological polar surface area (TPSA) is 88.0 Å². The predicted octanol–water partition coefficient (Wildman–Crippen LogP) is 4.55. The molecule has 0 spiro atoms. The normalized spacial score (nSPS) is 11.9. The molecule has 0 bridgehead atoms. The lowest BCUT2D eigenvalue weighted by Gasteiger charge is -2.20. The summed E-state index contributed by atoms with van der Waals surface area (Å²) < 4.78 is 15.5. The zero-order chi connectivity index (χ0) is 24.8. The summed E-state index contributed by atoms with van der Waals surface area (Å²) in [4.78, 5) is 29.3. The van der Waals surface area contributed by atoms with Gasteiger partial charge in [0.05, 0.1) is 23.4 Å². The lowest BCUT2D eigenvalue weighted by atomic mass is 10.1. The van der Waals surface area contributed by atoms with Crippen molar-refractivity contribution in [3.63, 3.8) is 0 Å². The molecule has 0 aliphatic rings. The lowest BCUT2D eigenvalue weighted by Crippen LogP contribution is -2.39. The molecule has 0 aliphatic heterocycles. The third-order valence-electron chi connectivity index (χ3n) is 5.57. The van der Waals surface area contributed by atoms with Gasteiger partial charge in [-0.3, -0.25) is 4.79 Å². The van der Waals surface area contributed by atoms with Crippen LogP contribution in [0.5, 0.6) is 0 Å². The average Bonchev–Trinajstić information content (AvgIpc) is 3.25. The predicted molar refractivity (Wildman–Crippen MR) is 133 cm³/mol. The van der Waals surface area contributed by atoms with Crippen LogP contribution in [-0.4, -0.2) is 27.5 Å². The zero-order valence-corrected chi connectivity index (χ0v) is 19.7. The number of aromatic nitrogens is 2. The quantitative estimate of drug-likeness (QED) is 0.351. The third kappa shape index (κ3) is 6.23. The molecule has 4 rings (SSSR count). The number of carbonyl (C=O) groups excluding carboxylic acids is 2. The molecule has 0 fully saturated rings. The second-order valence-corrected chi connectivity index (χ2v) is 8.64. The van der Waals surface area contributed by atoms with Crippen LogP contribution in [0.3, 0.4) is 0 Å². The molecule has 1 unspecified atom stereocenters. The first kappa shape index (κ1) is 23.9. The van der Waals surface area contributed by atoms with Gasteiger partial charge in [0.25, 0.3) is 5.91 Å². The van der Waals surface area contributed by atoms with Gasteiger partial charge in [-0.25, -0.2) is 14.2 Å². The molecule has 3 amide bonds. The van der Waals surface area contributed by atoms with Crippen molar-refractivity contribution in [2.24, 2.45) is 0 Å². The first-order chi connectivity index (χ1) is 16.9. The van der Waals surface area contributed by atoms with E-state index in [-0.39, 0.29) is 23.8 Å². The number of hydrogen-bond donors (Lipinski definition) is 3. The van der Waals surface area contributed by atoms with Gasteiger partial charge in [-0.05, 0) is 61.4 Å². The summed E-state index contributed by atoms with van der Waals surface area (Å²) in [6.07, 6.45) is 1.74. The Morgan fingerprint density at radius 3 is 2.37 bits per heavy atom. The minimum absolute atomic E-state index is 0.0513. The summed E-state index contributed by atoms with van der Waals surface area (Å²) in [6, 6.07) is 20.4. The maximum absolute atomic E-state index is 13.5. The molecule has 0 saturated carbocycles. The van der Waals surface area contributed by atoms with Crippen LogP contribution in [0.2, 0.25) is 0 Å². The van der Waals surface area contributed by atoms with Crippen molar-refractivity contribution in [2.75, 3.05) is 0 Å². The highest BCUT2D eigenvalue weighted by molar-refractivity contribution is 5.94. The Morgan fingerprint density at radius 2 is 1.66 bits per heavy atom. The summed E-state index contributed by atoms with van der Waals surface area (Å²) in [5, 5.41) is 8.63. The number of nitrogens with one attached hydrogen (secondary N) is 3. The monoisotopic (exact) mass is 473 g/mol. The molecule has 7 nitrogen and oxygen atoms in total. The fourth-order valence-corrected chi connectivity index (χ4v) is 3.79. The molecule has 180 valence electrons. The minimum Gasteiger partial charge on any atom is -0.343 e. The van der Waals surface area contributed by atoms with Gasteiger partial charge >= 0.3 is 6.03 Å². The Hall–Kier alpha value is -4.20. The Kier molecular flexibility index (Phi) is 7.40. The largest absolute Gasteiger partial charge is 0.343 e. The summed E-state index contributed by atoms with van der Waals surface area (Å²) in [5.74, 6) is -0.584. The molecule has 3 N–H and O–H groups in total. The first-order valence-corrected chi connectivity index (χ1v) is 11.5. The molecule has 1 heterocycles. The summed E-state index contributed by atoms with van der Waals surface area (Å²) in [6.45, 7) is 4.57. The Morgan fingerprint density at radius 1 is 0.943 bits per heavy atom. The van der Waals surface area contributed by atoms with Crippen LogP contribution in [0.15, 0.2) is 79.1 Å². The van der Waals surface area contributed by atoms with E-state index >= 15 is 0 Å². The highest BCUT2D eigenvalue weighted by atomic mass is 19.1. The van der Waals surface area contributed by atoms with Crippen molar-refractivity contribution in [2.45, 2.75) is 39.0 Å². The molecule has 0 saturated heterocycles. The summed E-state index contributed by atoms with van der Waals surface area (Å²) >= 11 is 0. The maximum atomic E-state index is 13.5.